The maximum absolute atomic E-state index is 11.8. The van der Waals surface area contributed by atoms with Crippen LogP contribution in [0.15, 0.2) is 12.3 Å². The summed E-state index contributed by atoms with van der Waals surface area (Å²) in [6, 6.07) is 0. The van der Waals surface area contributed by atoms with Crippen LogP contribution >= 0.6 is 0 Å². The molecule has 0 aromatic rings. The highest BCUT2D eigenvalue weighted by atomic mass is 19.4. The molecule has 0 heterocycles. The Morgan fingerprint density at radius 3 is 1.69 bits per heavy atom. The average molecular weight is 212 g/mol. The molecule has 0 aliphatic heterocycles. The maximum Gasteiger partial charge on any atom is 0.461 e. The van der Waals surface area contributed by atoms with E-state index < -0.39 is 24.5 Å². The van der Waals surface area contributed by atoms with Gasteiger partial charge in [0, 0.05) is 0 Å². The second-order valence-electron chi connectivity index (χ2n) is 1.89. The van der Waals surface area contributed by atoms with Gasteiger partial charge in [-0.2, -0.15) is 30.7 Å². The summed E-state index contributed by atoms with van der Waals surface area (Å²) in [7, 11) is 0. The Morgan fingerprint density at radius 2 is 1.46 bits per heavy atom. The Kier molecular flexibility index (Phi) is 3.18. The van der Waals surface area contributed by atoms with Crippen molar-refractivity contribution in [3.05, 3.63) is 12.3 Å². The lowest BCUT2D eigenvalue weighted by molar-refractivity contribution is -0.302. The van der Waals surface area contributed by atoms with Crippen LogP contribution in [0.2, 0.25) is 0 Å². The van der Waals surface area contributed by atoms with Crippen molar-refractivity contribution in [1.29, 1.82) is 0 Å². The molecule has 78 valence electrons. The third-order valence-electron chi connectivity index (χ3n) is 0.829. The Hall–Kier alpha value is -0.950. The number of hydrogen-bond acceptors (Lipinski definition) is 1. The van der Waals surface area contributed by atoms with Gasteiger partial charge in [-0.05, 0) is 0 Å². The molecule has 0 aliphatic carbocycles. The molecule has 13 heavy (non-hydrogen) atoms. The van der Waals surface area contributed by atoms with Crippen LogP contribution < -0.4 is 0 Å². The van der Waals surface area contributed by atoms with Crippen LogP contribution in [0.25, 0.3) is 0 Å². The van der Waals surface area contributed by atoms with Crippen LogP contribution in [0.3, 0.4) is 0 Å². The van der Waals surface area contributed by atoms with Gasteiger partial charge in [0.25, 0.3) is 0 Å². The van der Waals surface area contributed by atoms with Crippen LogP contribution in [0.1, 0.15) is 0 Å². The van der Waals surface area contributed by atoms with Gasteiger partial charge >= 0.3 is 18.7 Å². The standard InChI is InChI=1S/C5H3F7O/c1-2(4(8,9)10)13-5(11,12)3(6)7/h3H,1H2. The SMILES string of the molecule is C=C(OC(F)(F)C(F)F)C(F)(F)F. The lowest BCUT2D eigenvalue weighted by atomic mass is 10.5. The number of rotatable bonds is 3. The van der Waals surface area contributed by atoms with Gasteiger partial charge in [-0.3, -0.25) is 0 Å². The summed E-state index contributed by atoms with van der Waals surface area (Å²) in [5, 5.41) is 0. The second-order valence-corrected chi connectivity index (χ2v) is 1.89. The van der Waals surface area contributed by atoms with Crippen LogP contribution in [0.4, 0.5) is 30.7 Å². The van der Waals surface area contributed by atoms with Crippen LogP contribution in [0, 0.1) is 0 Å². The van der Waals surface area contributed by atoms with E-state index in [0.717, 1.165) is 0 Å². The molecule has 1 nitrogen and oxygen atoms in total. The van der Waals surface area contributed by atoms with Gasteiger partial charge in [-0.25, -0.2) is 0 Å². The molecule has 8 heteroatoms. The monoisotopic (exact) mass is 212 g/mol. The highest BCUT2D eigenvalue weighted by Crippen LogP contribution is 2.33. The highest BCUT2D eigenvalue weighted by molar-refractivity contribution is 4.93. The minimum absolute atomic E-state index is 2.03. The first-order chi connectivity index (χ1) is 5.57. The first kappa shape index (κ1) is 12.0. The second kappa shape index (κ2) is 3.43. The van der Waals surface area contributed by atoms with Gasteiger partial charge in [0.15, 0.2) is 5.76 Å². The summed E-state index contributed by atoms with van der Waals surface area (Å²) in [5.41, 5.74) is 0. The fraction of sp³-hybridized carbons (Fsp3) is 0.600. The van der Waals surface area contributed by atoms with Crippen molar-refractivity contribution in [3.63, 3.8) is 0 Å². The van der Waals surface area contributed by atoms with Gasteiger partial charge in [0.05, 0.1) is 0 Å². The number of hydrogen-bond donors (Lipinski definition) is 0. The Morgan fingerprint density at radius 1 is 1.08 bits per heavy atom. The Bertz CT molecular complexity index is 194. The fourth-order valence-electron chi connectivity index (χ4n) is 0.267. The molecule has 0 saturated heterocycles. The molecule has 0 saturated carbocycles. The van der Waals surface area contributed by atoms with Crippen LogP contribution in [0.5, 0.6) is 0 Å². The molecule has 0 atom stereocenters. The third-order valence-corrected chi connectivity index (χ3v) is 0.829. The Labute approximate surface area is 67.8 Å². The van der Waals surface area contributed by atoms with Crippen molar-refractivity contribution in [1.82, 2.24) is 0 Å². The molecule has 0 amide bonds. The van der Waals surface area contributed by atoms with Crippen molar-refractivity contribution in [2.45, 2.75) is 18.7 Å². The molecule has 0 bridgehead atoms. The van der Waals surface area contributed by atoms with E-state index in [4.69, 9.17) is 0 Å². The zero-order valence-corrected chi connectivity index (χ0v) is 5.84. The minimum Gasteiger partial charge on any atom is -0.424 e. The maximum atomic E-state index is 11.8. The van der Waals surface area contributed by atoms with Gasteiger partial charge < -0.3 is 4.74 Å². The number of allylic oxidation sites excluding steroid dienone is 1. The van der Waals surface area contributed by atoms with E-state index in [-0.39, 0.29) is 0 Å². The summed E-state index contributed by atoms with van der Waals surface area (Å²) in [6.07, 6.45) is -14.8. The molecule has 0 aromatic carbocycles. The first-order valence-electron chi connectivity index (χ1n) is 2.68. The predicted octanol–water partition coefficient (Wildman–Crippen LogP) is 2.94. The third kappa shape index (κ3) is 3.51. The van der Waals surface area contributed by atoms with E-state index in [2.05, 4.69) is 4.74 Å². The van der Waals surface area contributed by atoms with Crippen molar-refractivity contribution in [2.75, 3.05) is 0 Å². The number of alkyl halides is 7. The quantitative estimate of drug-likeness (QED) is 0.516. The minimum atomic E-state index is -5.28. The lowest BCUT2D eigenvalue weighted by Gasteiger charge is -2.19. The molecule has 0 fully saturated rings. The summed E-state index contributed by atoms with van der Waals surface area (Å²) < 4.78 is 83.1. The van der Waals surface area contributed by atoms with Gasteiger partial charge in [0.1, 0.15) is 0 Å². The number of ether oxygens (including phenoxy) is 1. The van der Waals surface area contributed by atoms with E-state index in [0.29, 0.717) is 0 Å². The van der Waals surface area contributed by atoms with Gasteiger partial charge in [0.2, 0.25) is 0 Å². The van der Waals surface area contributed by atoms with Gasteiger partial charge in [-0.15, -0.1) is 0 Å². The van der Waals surface area contributed by atoms with E-state index in [1.165, 1.54) is 0 Å². The van der Waals surface area contributed by atoms with E-state index in [1.807, 2.05) is 6.58 Å². The van der Waals surface area contributed by atoms with Crippen molar-refractivity contribution in [2.24, 2.45) is 0 Å². The summed E-state index contributed by atoms with van der Waals surface area (Å²) >= 11 is 0. The smallest absolute Gasteiger partial charge is 0.424 e. The first-order valence-corrected chi connectivity index (χ1v) is 2.68. The Balaban J connectivity index is 4.38. The summed E-state index contributed by atoms with van der Waals surface area (Å²) in [5.74, 6) is -2.36. The highest BCUT2D eigenvalue weighted by Gasteiger charge is 2.48. The van der Waals surface area contributed by atoms with E-state index >= 15 is 0 Å². The van der Waals surface area contributed by atoms with E-state index in [9.17, 15) is 30.7 Å². The zero-order chi connectivity index (χ0) is 10.9. The van der Waals surface area contributed by atoms with E-state index in [1.54, 1.807) is 0 Å². The molecule has 0 radical (unpaired) electrons. The molecule has 0 spiro atoms. The number of halogens is 7. The largest absolute Gasteiger partial charge is 0.461 e. The van der Waals surface area contributed by atoms with Gasteiger partial charge in [-0.1, -0.05) is 6.58 Å². The molecule has 0 unspecified atom stereocenters. The van der Waals surface area contributed by atoms with Crippen molar-refractivity contribution in [3.8, 4) is 0 Å². The molecular weight excluding hydrogens is 209 g/mol. The predicted molar refractivity (Wildman–Crippen MR) is 27.2 cm³/mol. The van der Waals surface area contributed by atoms with Crippen LogP contribution in [-0.2, 0) is 4.74 Å². The molecular formula is C5H3F7O. The van der Waals surface area contributed by atoms with Crippen molar-refractivity contribution < 1.29 is 35.5 Å². The molecule has 0 rings (SSSR count). The normalized spacial score (nSPS) is 13.2. The fourth-order valence-corrected chi connectivity index (χ4v) is 0.267. The molecule has 0 aliphatic rings. The van der Waals surface area contributed by atoms with Crippen LogP contribution in [-0.4, -0.2) is 18.7 Å². The molecule has 0 aromatic heterocycles. The average Bonchev–Trinajstić information content (AvgIpc) is 1.83. The topological polar surface area (TPSA) is 9.23 Å². The summed E-state index contributed by atoms with van der Waals surface area (Å²) in [4.78, 5) is 0. The summed E-state index contributed by atoms with van der Waals surface area (Å²) in [6.45, 7) is 2.03. The lowest BCUT2D eigenvalue weighted by Crippen LogP contribution is -2.32. The molecule has 0 N–H and O–H groups in total. The zero-order valence-electron chi connectivity index (χ0n) is 5.84. The van der Waals surface area contributed by atoms with Crippen molar-refractivity contribution >= 4 is 0 Å².